The zero-order chi connectivity index (χ0) is 12.1. The first kappa shape index (κ1) is 16.7. The summed E-state index contributed by atoms with van der Waals surface area (Å²) in [5, 5.41) is 19.3. The van der Waals surface area contributed by atoms with E-state index in [2.05, 4.69) is 19.6 Å². The Kier molecular flexibility index (Phi) is 14.7. The van der Waals surface area contributed by atoms with Gasteiger partial charge in [-0.3, -0.25) is 4.79 Å². The molecule has 0 aliphatic heterocycles. The van der Waals surface area contributed by atoms with Gasteiger partial charge in [0.1, 0.15) is 12.3 Å². The van der Waals surface area contributed by atoms with E-state index in [1.54, 1.807) is 11.4 Å². The van der Waals surface area contributed by atoms with Crippen molar-refractivity contribution in [1.29, 1.82) is 0 Å². The van der Waals surface area contributed by atoms with E-state index < -0.39 is 12.0 Å². The highest BCUT2D eigenvalue weighted by atomic mass is 32.1. The summed E-state index contributed by atoms with van der Waals surface area (Å²) in [6.45, 7) is 2.14. The van der Waals surface area contributed by atoms with Gasteiger partial charge in [0.05, 0.1) is 0 Å². The van der Waals surface area contributed by atoms with Gasteiger partial charge in [0.25, 0.3) is 0 Å². The molecule has 0 aromatic rings. The fourth-order valence-corrected chi connectivity index (χ4v) is 0.790. The summed E-state index contributed by atoms with van der Waals surface area (Å²) in [5.74, 6) is -0.815. The third kappa shape index (κ3) is 16.0. The maximum Gasteiger partial charge on any atom is 0.321 e. The minimum absolute atomic E-state index is 0.190. The van der Waals surface area contributed by atoms with Gasteiger partial charge >= 0.3 is 5.97 Å². The predicted molar refractivity (Wildman–Crippen MR) is 64.0 cm³/mol. The molecule has 6 heteroatoms. The normalized spacial score (nSPS) is 11.9. The van der Waals surface area contributed by atoms with Crippen LogP contribution in [0.25, 0.3) is 0 Å². The number of nitrogens with two attached hydrogens (primary N) is 1. The van der Waals surface area contributed by atoms with Crippen LogP contribution in [0.2, 0.25) is 0 Å². The van der Waals surface area contributed by atoms with E-state index in [0.29, 0.717) is 0 Å². The molecular weight excluding hydrogens is 216 g/mol. The highest BCUT2D eigenvalue weighted by molar-refractivity contribution is 7.80. The average molecular weight is 236 g/mol. The van der Waals surface area contributed by atoms with Gasteiger partial charge in [0, 0.05) is 12.2 Å². The highest BCUT2D eigenvalue weighted by Crippen LogP contribution is 1.94. The molecule has 0 fully saturated rings. The lowest BCUT2D eigenvalue weighted by Gasteiger charge is -1.96. The number of carboxylic acid groups (broad SMARTS) is 1. The van der Waals surface area contributed by atoms with Crippen molar-refractivity contribution in [3.05, 3.63) is 5.21 Å². The van der Waals surface area contributed by atoms with Crippen LogP contribution in [-0.4, -0.2) is 29.1 Å². The first-order valence-electron chi connectivity index (χ1n) is 4.88. The minimum atomic E-state index is -1.00. The predicted octanol–water partition coefficient (Wildman–Crippen LogP) is -0.456. The maximum absolute atomic E-state index is 9.76. The molecule has 0 aliphatic rings. The first-order chi connectivity index (χ1) is 7.09. The second-order valence-electron chi connectivity index (χ2n) is 2.95. The second-order valence-corrected chi connectivity index (χ2v) is 3.31. The molecule has 0 amide bonds. The molecule has 0 bridgehead atoms. The van der Waals surface area contributed by atoms with Crippen LogP contribution >= 0.6 is 12.6 Å². The fraction of sp³-hybridized carbons (Fsp3) is 0.778. The molecule has 0 aromatic carbocycles. The van der Waals surface area contributed by atoms with Crippen LogP contribution in [0, 0.1) is 5.21 Å². The summed E-state index contributed by atoms with van der Waals surface area (Å²) >= 11 is 3.65. The van der Waals surface area contributed by atoms with Crippen LogP contribution in [0.3, 0.4) is 0 Å². The van der Waals surface area contributed by atoms with E-state index in [-0.39, 0.29) is 5.75 Å². The number of carboxylic acids is 1. The van der Waals surface area contributed by atoms with Crippen molar-refractivity contribution < 1.29 is 15.1 Å². The third-order valence-corrected chi connectivity index (χ3v) is 1.94. The highest BCUT2D eigenvalue weighted by Gasteiger charge is 2.06. The molecule has 0 rings (SSSR count). The number of nitrogens with one attached hydrogen (secondary N) is 1. The Morgan fingerprint density at radius 2 is 2.27 bits per heavy atom. The summed E-state index contributed by atoms with van der Waals surface area (Å²) < 4.78 is 0. The zero-order valence-electron chi connectivity index (χ0n) is 8.98. The van der Waals surface area contributed by atoms with Crippen molar-refractivity contribution in [2.45, 2.75) is 38.6 Å². The van der Waals surface area contributed by atoms with Gasteiger partial charge < -0.3 is 16.0 Å². The van der Waals surface area contributed by atoms with Crippen LogP contribution in [0.15, 0.2) is 0 Å². The maximum atomic E-state index is 9.76. The van der Waals surface area contributed by atoms with Crippen LogP contribution in [-0.2, 0) is 4.79 Å². The molecule has 0 unspecified atom stereocenters. The van der Waals surface area contributed by atoms with E-state index in [4.69, 9.17) is 10.8 Å². The Labute approximate surface area is 95.8 Å². The van der Waals surface area contributed by atoms with Crippen LogP contribution in [0.5, 0.6) is 0 Å². The van der Waals surface area contributed by atoms with Crippen LogP contribution in [0.4, 0.5) is 0 Å². The van der Waals surface area contributed by atoms with Crippen molar-refractivity contribution in [3.63, 3.8) is 0 Å². The topological polar surface area (TPSA) is 100 Å². The summed E-state index contributed by atoms with van der Waals surface area (Å²) in [4.78, 5) is 9.76. The van der Waals surface area contributed by atoms with E-state index in [1.165, 1.54) is 12.8 Å². The molecule has 0 radical (unpaired) electrons. The van der Waals surface area contributed by atoms with Gasteiger partial charge in [0.2, 0.25) is 0 Å². The number of carbonyl (C=O) groups is 1. The second kappa shape index (κ2) is 13.2. The molecule has 4 N–H and O–H groups in total. The van der Waals surface area contributed by atoms with Gasteiger partial charge in [-0.1, -0.05) is 19.8 Å². The van der Waals surface area contributed by atoms with E-state index in [9.17, 15) is 10.0 Å². The molecule has 0 aliphatic carbocycles. The van der Waals surface area contributed by atoms with Crippen molar-refractivity contribution in [3.8, 4) is 0 Å². The van der Waals surface area contributed by atoms with Gasteiger partial charge in [0.15, 0.2) is 0 Å². The molecule has 90 valence electrons. The molecule has 0 saturated carbocycles. The largest absolute Gasteiger partial charge is 0.626 e. The van der Waals surface area contributed by atoms with Crippen LogP contribution < -0.4 is 10.9 Å². The summed E-state index contributed by atoms with van der Waals surface area (Å²) in [7, 11) is 0. The summed E-state index contributed by atoms with van der Waals surface area (Å²) in [6, 6.07) is -0.816. The zero-order valence-corrected chi connectivity index (χ0v) is 9.87. The standard InChI is InChI=1S/C6H13NO.C3H7NO2S/c1-2-3-4-5-6-7-8;4-2(1-7)3(5)6/h6-7H,2-5H2,1H3;2,7H,1,4H2,(H,5,6)/t;2-/m.0/s1. The van der Waals surface area contributed by atoms with Gasteiger partial charge in [-0.15, -0.1) is 0 Å². The lowest BCUT2D eigenvalue weighted by molar-refractivity contribution is -0.368. The third-order valence-electron chi connectivity index (χ3n) is 1.55. The first-order valence-corrected chi connectivity index (χ1v) is 5.51. The number of aliphatic carboxylic acids is 1. The molecule has 15 heavy (non-hydrogen) atoms. The molecule has 1 atom stereocenters. The molecule has 0 spiro atoms. The van der Waals surface area contributed by atoms with Crippen molar-refractivity contribution in [2.75, 3.05) is 5.75 Å². The smallest absolute Gasteiger partial charge is 0.321 e. The number of rotatable bonds is 6. The van der Waals surface area contributed by atoms with Crippen LogP contribution in [0.1, 0.15) is 32.6 Å². The Morgan fingerprint density at radius 1 is 1.67 bits per heavy atom. The van der Waals surface area contributed by atoms with Crippen molar-refractivity contribution in [2.24, 2.45) is 5.73 Å². The Morgan fingerprint density at radius 3 is 2.53 bits per heavy atom. The minimum Gasteiger partial charge on any atom is -0.626 e. The number of thiol groups is 1. The fourth-order valence-electron chi connectivity index (χ4n) is 0.633. The average Bonchev–Trinajstić information content (AvgIpc) is 2.24. The molecule has 5 nitrogen and oxygen atoms in total. The van der Waals surface area contributed by atoms with Crippen molar-refractivity contribution in [1.82, 2.24) is 0 Å². The number of hydrogen-bond donors (Lipinski definition) is 4. The number of unbranched alkanes of at least 4 members (excludes halogenated alkanes) is 3. The quantitative estimate of drug-likeness (QED) is 0.165. The monoisotopic (exact) mass is 236 g/mol. The molecule has 0 heterocycles. The molecular formula is C9H20N2O3S. The van der Waals surface area contributed by atoms with Crippen molar-refractivity contribution >= 4 is 24.8 Å². The lowest BCUT2D eigenvalue weighted by Crippen LogP contribution is -2.60. The lowest BCUT2D eigenvalue weighted by atomic mass is 10.2. The van der Waals surface area contributed by atoms with Gasteiger partial charge in [-0.2, -0.15) is 12.6 Å². The van der Waals surface area contributed by atoms with Gasteiger partial charge in [-0.05, 0) is 6.42 Å². The number of hydrogen-bond acceptors (Lipinski definition) is 4. The van der Waals surface area contributed by atoms with E-state index in [1.807, 2.05) is 0 Å². The van der Waals surface area contributed by atoms with E-state index in [0.717, 1.165) is 12.8 Å². The van der Waals surface area contributed by atoms with E-state index >= 15 is 0 Å². The Balaban J connectivity index is 0. The summed E-state index contributed by atoms with van der Waals surface area (Å²) in [5.41, 5.74) is 4.94. The summed E-state index contributed by atoms with van der Waals surface area (Å²) in [6.07, 6.45) is 6.02. The molecule has 0 saturated heterocycles. The van der Waals surface area contributed by atoms with Gasteiger partial charge in [-0.25, -0.2) is 5.16 Å². The molecule has 0 aromatic heterocycles. The Hall–Kier alpha value is -0.750. The SMILES string of the molecule is CCCCCC=[NH+][O-].N[C@@H](CS)C(=O)O. The Bertz CT molecular complexity index is 177.